The van der Waals surface area contributed by atoms with Crippen LogP contribution in [0.3, 0.4) is 0 Å². The minimum absolute atomic E-state index is 0.204. The van der Waals surface area contributed by atoms with Crippen molar-refractivity contribution in [1.82, 2.24) is 5.32 Å². The van der Waals surface area contributed by atoms with Gasteiger partial charge in [0.2, 0.25) is 0 Å². The van der Waals surface area contributed by atoms with E-state index in [9.17, 15) is 4.79 Å². The molecule has 1 amide bonds. The highest BCUT2D eigenvalue weighted by Crippen LogP contribution is 2.33. The molecule has 0 bridgehead atoms. The summed E-state index contributed by atoms with van der Waals surface area (Å²) in [5.74, 6) is 0.465. The predicted octanol–water partition coefficient (Wildman–Crippen LogP) is 2.67. The van der Waals surface area contributed by atoms with Gasteiger partial charge in [0, 0.05) is 5.88 Å². The Labute approximate surface area is 90.1 Å². The minimum Gasteiger partial charge on any atom is -0.444 e. The lowest BCUT2D eigenvalue weighted by molar-refractivity contribution is 0.0409. The lowest BCUT2D eigenvalue weighted by Gasteiger charge is -2.41. The molecule has 3 nitrogen and oxygen atoms in total. The first kappa shape index (κ1) is 11.6. The number of rotatable bonds is 2. The topological polar surface area (TPSA) is 38.3 Å². The maximum absolute atomic E-state index is 11.4. The van der Waals surface area contributed by atoms with E-state index in [0.29, 0.717) is 5.88 Å². The fourth-order valence-electron chi connectivity index (χ4n) is 1.42. The van der Waals surface area contributed by atoms with Crippen molar-refractivity contribution in [3.63, 3.8) is 0 Å². The molecule has 1 rings (SSSR count). The molecular formula is C10H18ClNO2. The van der Waals surface area contributed by atoms with E-state index in [1.165, 1.54) is 0 Å². The SMILES string of the molecule is CC(C)(C)OC(=O)NC1(CCl)CCC1. The summed E-state index contributed by atoms with van der Waals surface area (Å²) in [5, 5.41) is 2.84. The van der Waals surface area contributed by atoms with Gasteiger partial charge in [-0.05, 0) is 40.0 Å². The molecule has 0 heterocycles. The molecule has 0 aromatic carbocycles. The van der Waals surface area contributed by atoms with Gasteiger partial charge in [-0.3, -0.25) is 0 Å². The highest BCUT2D eigenvalue weighted by Gasteiger charge is 2.38. The van der Waals surface area contributed by atoms with Crippen LogP contribution in [0.15, 0.2) is 0 Å². The zero-order valence-electron chi connectivity index (χ0n) is 9.02. The van der Waals surface area contributed by atoms with Gasteiger partial charge >= 0.3 is 6.09 Å². The van der Waals surface area contributed by atoms with Crippen LogP contribution in [0.1, 0.15) is 40.0 Å². The van der Waals surface area contributed by atoms with Crippen molar-refractivity contribution in [2.24, 2.45) is 0 Å². The molecule has 1 aliphatic rings. The van der Waals surface area contributed by atoms with Crippen LogP contribution in [-0.2, 0) is 4.74 Å². The second-order valence-electron chi connectivity index (χ2n) is 4.89. The molecular weight excluding hydrogens is 202 g/mol. The molecule has 0 unspecified atom stereocenters. The van der Waals surface area contributed by atoms with Crippen molar-refractivity contribution < 1.29 is 9.53 Å². The second-order valence-corrected chi connectivity index (χ2v) is 5.16. The van der Waals surface area contributed by atoms with Crippen molar-refractivity contribution in [2.75, 3.05) is 5.88 Å². The number of alkyl halides is 1. The third-order valence-electron chi connectivity index (χ3n) is 2.33. The molecule has 82 valence electrons. The van der Waals surface area contributed by atoms with Crippen LogP contribution in [0.2, 0.25) is 0 Å². The quantitative estimate of drug-likeness (QED) is 0.726. The molecule has 0 aromatic heterocycles. The third kappa shape index (κ3) is 3.05. The molecule has 1 N–H and O–H groups in total. The number of ether oxygens (including phenoxy) is 1. The first-order chi connectivity index (χ1) is 6.37. The summed E-state index contributed by atoms with van der Waals surface area (Å²) in [5.41, 5.74) is -0.648. The number of carbonyl (C=O) groups excluding carboxylic acids is 1. The van der Waals surface area contributed by atoms with Gasteiger partial charge in [-0.1, -0.05) is 0 Å². The normalized spacial score (nSPS) is 19.7. The first-order valence-electron chi connectivity index (χ1n) is 4.94. The summed E-state index contributed by atoms with van der Waals surface area (Å²) in [6, 6.07) is 0. The van der Waals surface area contributed by atoms with Crippen LogP contribution < -0.4 is 5.32 Å². The molecule has 0 atom stereocenters. The highest BCUT2D eigenvalue weighted by atomic mass is 35.5. The Hall–Kier alpha value is -0.440. The summed E-state index contributed by atoms with van der Waals surface area (Å²) in [6.07, 6.45) is 2.67. The summed E-state index contributed by atoms with van der Waals surface area (Å²) in [6.45, 7) is 5.54. The standard InChI is InChI=1S/C10H18ClNO2/c1-9(2,3)14-8(13)12-10(7-11)5-4-6-10/h4-7H2,1-3H3,(H,12,13). The average molecular weight is 220 g/mol. The number of halogens is 1. The van der Waals surface area contributed by atoms with E-state index < -0.39 is 5.60 Å². The number of alkyl carbamates (subject to hydrolysis) is 1. The van der Waals surface area contributed by atoms with E-state index in [-0.39, 0.29) is 11.6 Å². The van der Waals surface area contributed by atoms with Crippen molar-refractivity contribution in [2.45, 2.75) is 51.2 Å². The van der Waals surface area contributed by atoms with E-state index in [4.69, 9.17) is 16.3 Å². The maximum Gasteiger partial charge on any atom is 0.408 e. The van der Waals surface area contributed by atoms with Crippen LogP contribution in [0.4, 0.5) is 4.79 Å². The Morgan fingerprint density at radius 2 is 2.07 bits per heavy atom. The van der Waals surface area contributed by atoms with Gasteiger partial charge in [-0.15, -0.1) is 11.6 Å². The van der Waals surface area contributed by atoms with E-state index in [1.54, 1.807) is 0 Å². The number of hydrogen-bond donors (Lipinski definition) is 1. The average Bonchev–Trinajstić information content (AvgIpc) is 1.93. The summed E-state index contributed by atoms with van der Waals surface area (Å²) in [7, 11) is 0. The molecule has 0 radical (unpaired) electrons. The fourth-order valence-corrected chi connectivity index (χ4v) is 1.75. The minimum atomic E-state index is -0.443. The highest BCUT2D eigenvalue weighted by molar-refractivity contribution is 6.18. The molecule has 1 saturated carbocycles. The van der Waals surface area contributed by atoms with Gasteiger partial charge in [-0.2, -0.15) is 0 Å². The molecule has 0 aromatic rings. The van der Waals surface area contributed by atoms with Gasteiger partial charge in [0.05, 0.1) is 5.54 Å². The van der Waals surface area contributed by atoms with Gasteiger partial charge in [0.15, 0.2) is 0 Å². The summed E-state index contributed by atoms with van der Waals surface area (Å²) >= 11 is 5.81. The van der Waals surface area contributed by atoms with Gasteiger partial charge in [0.25, 0.3) is 0 Å². The predicted molar refractivity (Wildman–Crippen MR) is 56.7 cm³/mol. The lowest BCUT2D eigenvalue weighted by atomic mass is 9.78. The van der Waals surface area contributed by atoms with Crippen molar-refractivity contribution in [1.29, 1.82) is 0 Å². The lowest BCUT2D eigenvalue weighted by Crippen LogP contribution is -2.55. The Balaban J connectivity index is 2.40. The largest absolute Gasteiger partial charge is 0.444 e. The Kier molecular flexibility index (Phi) is 3.30. The molecule has 0 aliphatic heterocycles. The van der Waals surface area contributed by atoms with Crippen molar-refractivity contribution in [3.8, 4) is 0 Å². The maximum atomic E-state index is 11.4. The van der Waals surface area contributed by atoms with Crippen LogP contribution in [-0.4, -0.2) is 23.1 Å². The number of carbonyl (C=O) groups is 1. The molecule has 0 spiro atoms. The van der Waals surface area contributed by atoms with E-state index in [0.717, 1.165) is 19.3 Å². The molecule has 1 aliphatic carbocycles. The number of hydrogen-bond acceptors (Lipinski definition) is 2. The van der Waals surface area contributed by atoms with Crippen molar-refractivity contribution in [3.05, 3.63) is 0 Å². The molecule has 0 saturated heterocycles. The van der Waals surface area contributed by atoms with Crippen LogP contribution in [0.5, 0.6) is 0 Å². The monoisotopic (exact) mass is 219 g/mol. The van der Waals surface area contributed by atoms with Crippen LogP contribution in [0.25, 0.3) is 0 Å². The second kappa shape index (κ2) is 3.97. The Bertz CT molecular complexity index is 213. The van der Waals surface area contributed by atoms with E-state index in [1.807, 2.05) is 20.8 Å². The smallest absolute Gasteiger partial charge is 0.408 e. The Morgan fingerprint density at radius 1 is 1.50 bits per heavy atom. The zero-order chi connectivity index (χ0) is 10.8. The number of nitrogens with one attached hydrogen (secondary N) is 1. The fraction of sp³-hybridized carbons (Fsp3) is 0.900. The van der Waals surface area contributed by atoms with Crippen molar-refractivity contribution >= 4 is 17.7 Å². The van der Waals surface area contributed by atoms with Gasteiger partial charge < -0.3 is 10.1 Å². The van der Waals surface area contributed by atoms with Gasteiger partial charge in [0.1, 0.15) is 5.60 Å². The summed E-state index contributed by atoms with van der Waals surface area (Å²) in [4.78, 5) is 11.4. The molecule has 4 heteroatoms. The van der Waals surface area contributed by atoms with E-state index >= 15 is 0 Å². The van der Waals surface area contributed by atoms with Gasteiger partial charge in [-0.25, -0.2) is 4.79 Å². The Morgan fingerprint density at radius 3 is 2.36 bits per heavy atom. The zero-order valence-corrected chi connectivity index (χ0v) is 9.78. The number of amides is 1. The molecule has 14 heavy (non-hydrogen) atoms. The van der Waals surface area contributed by atoms with E-state index in [2.05, 4.69) is 5.32 Å². The van der Waals surface area contributed by atoms with Crippen LogP contribution in [0, 0.1) is 0 Å². The summed E-state index contributed by atoms with van der Waals surface area (Å²) < 4.78 is 5.16. The molecule has 1 fully saturated rings. The third-order valence-corrected chi connectivity index (χ3v) is 2.84. The first-order valence-corrected chi connectivity index (χ1v) is 5.47. The van der Waals surface area contributed by atoms with Crippen LogP contribution >= 0.6 is 11.6 Å².